The molecule has 4 unspecified atom stereocenters. The predicted octanol–water partition coefficient (Wildman–Crippen LogP) is 1.34. The maximum absolute atomic E-state index is 13.2. The molecule has 0 radical (unpaired) electrons. The number of esters is 2. The summed E-state index contributed by atoms with van der Waals surface area (Å²) in [7, 11) is 0. The van der Waals surface area contributed by atoms with Crippen LogP contribution in [-0.4, -0.2) is 36.1 Å². The van der Waals surface area contributed by atoms with E-state index in [1.165, 1.54) is 19.3 Å². The number of carbonyl (C=O) groups excluding carboxylic acids is 3. The number of hydrogen-bond acceptors (Lipinski definition) is 5. The Morgan fingerprint density at radius 2 is 1.73 bits per heavy atom. The second-order valence-corrected chi connectivity index (χ2v) is 9.52. The van der Waals surface area contributed by atoms with Crippen molar-refractivity contribution in [3.8, 4) is 0 Å². The van der Waals surface area contributed by atoms with Crippen LogP contribution in [0.15, 0.2) is 12.2 Å². The first-order valence-corrected chi connectivity index (χ1v) is 9.89. The van der Waals surface area contributed by atoms with Crippen molar-refractivity contribution in [1.82, 2.24) is 5.32 Å². The van der Waals surface area contributed by atoms with Crippen molar-refractivity contribution in [2.45, 2.75) is 50.2 Å². The standard InChI is InChI=1S/C20H23NO5/c22-16-14-13-1-2-20(26-13,15(14)17(23)25-16)9-21-18(24)19-6-10-3-11(7-19)5-12(4-10)8-19/h1-2,10-15H,3-9H2,(H,21,24). The number of amides is 1. The number of carbonyl (C=O) groups is 3. The van der Waals surface area contributed by atoms with Crippen molar-refractivity contribution >= 4 is 17.8 Å². The molecule has 0 spiro atoms. The summed E-state index contributed by atoms with van der Waals surface area (Å²) < 4.78 is 10.8. The Morgan fingerprint density at radius 3 is 2.38 bits per heavy atom. The van der Waals surface area contributed by atoms with Gasteiger partial charge in [-0.15, -0.1) is 0 Å². The fourth-order valence-electron chi connectivity index (χ4n) is 7.31. The van der Waals surface area contributed by atoms with E-state index >= 15 is 0 Å². The molecule has 6 heteroatoms. The highest BCUT2D eigenvalue weighted by molar-refractivity contribution is 5.99. The van der Waals surface area contributed by atoms with Crippen LogP contribution in [0, 0.1) is 35.0 Å². The average Bonchev–Trinajstić information content (AvgIpc) is 3.23. The van der Waals surface area contributed by atoms with E-state index in [0.717, 1.165) is 19.3 Å². The van der Waals surface area contributed by atoms with Crippen LogP contribution in [-0.2, 0) is 23.9 Å². The summed E-state index contributed by atoms with van der Waals surface area (Å²) in [6, 6.07) is 0. The van der Waals surface area contributed by atoms with Gasteiger partial charge in [-0.05, 0) is 56.3 Å². The van der Waals surface area contributed by atoms with Gasteiger partial charge in [-0.2, -0.15) is 0 Å². The topological polar surface area (TPSA) is 81.7 Å². The van der Waals surface area contributed by atoms with Crippen LogP contribution in [0.5, 0.6) is 0 Å². The highest BCUT2D eigenvalue weighted by Crippen LogP contribution is 2.60. The molecule has 0 aromatic carbocycles. The molecule has 138 valence electrons. The molecule has 2 saturated heterocycles. The Kier molecular flexibility index (Phi) is 2.82. The van der Waals surface area contributed by atoms with Gasteiger partial charge in [0.05, 0.1) is 12.6 Å². The molecule has 6 fully saturated rings. The molecule has 4 atom stereocenters. The van der Waals surface area contributed by atoms with Crippen LogP contribution in [0.2, 0.25) is 0 Å². The normalized spacial score (nSPS) is 52.5. The summed E-state index contributed by atoms with van der Waals surface area (Å²) in [5.74, 6) is 0.0408. The number of cyclic esters (lactones) is 2. The van der Waals surface area contributed by atoms with E-state index in [2.05, 4.69) is 5.32 Å². The van der Waals surface area contributed by atoms with Gasteiger partial charge in [0, 0.05) is 5.41 Å². The van der Waals surface area contributed by atoms with Crippen molar-refractivity contribution in [2.24, 2.45) is 35.0 Å². The van der Waals surface area contributed by atoms with Gasteiger partial charge in [0.25, 0.3) is 0 Å². The van der Waals surface area contributed by atoms with Gasteiger partial charge in [-0.25, -0.2) is 0 Å². The lowest BCUT2D eigenvalue weighted by molar-refractivity contribution is -0.159. The molecule has 26 heavy (non-hydrogen) atoms. The number of ether oxygens (including phenoxy) is 2. The first kappa shape index (κ1) is 15.4. The van der Waals surface area contributed by atoms with Crippen molar-refractivity contribution < 1.29 is 23.9 Å². The van der Waals surface area contributed by atoms with Gasteiger partial charge in [-0.3, -0.25) is 14.4 Å². The van der Waals surface area contributed by atoms with Crippen molar-refractivity contribution in [3.63, 3.8) is 0 Å². The zero-order valence-corrected chi connectivity index (χ0v) is 14.6. The van der Waals surface area contributed by atoms with Crippen LogP contribution < -0.4 is 5.32 Å². The summed E-state index contributed by atoms with van der Waals surface area (Å²) in [5.41, 5.74) is -1.15. The van der Waals surface area contributed by atoms with Crippen LogP contribution in [0.25, 0.3) is 0 Å². The number of rotatable bonds is 3. The summed E-state index contributed by atoms with van der Waals surface area (Å²) in [6.45, 7) is 0.240. The fourth-order valence-corrected chi connectivity index (χ4v) is 7.31. The maximum Gasteiger partial charge on any atom is 0.320 e. The summed E-state index contributed by atoms with van der Waals surface area (Å²) in [6.07, 6.45) is 10.2. The lowest BCUT2D eigenvalue weighted by Gasteiger charge is -2.55. The van der Waals surface area contributed by atoms with Crippen LogP contribution >= 0.6 is 0 Å². The SMILES string of the molecule is O=C1OC(=O)C2C1C1C=CC2(CNC(=O)C23CC4CC(CC(C4)C2)C3)O1. The number of nitrogens with one attached hydrogen (secondary N) is 1. The molecule has 6 bridgehead atoms. The van der Waals surface area contributed by atoms with E-state index in [0.29, 0.717) is 17.8 Å². The minimum absolute atomic E-state index is 0.118. The van der Waals surface area contributed by atoms with Crippen molar-refractivity contribution in [3.05, 3.63) is 12.2 Å². The largest absolute Gasteiger partial charge is 0.393 e. The Labute approximate surface area is 151 Å². The molecular formula is C20H23NO5. The van der Waals surface area contributed by atoms with E-state index in [1.54, 1.807) is 0 Å². The van der Waals surface area contributed by atoms with Gasteiger partial charge >= 0.3 is 11.9 Å². The van der Waals surface area contributed by atoms with Crippen LogP contribution in [0.4, 0.5) is 0 Å². The zero-order valence-electron chi connectivity index (χ0n) is 14.6. The smallest absolute Gasteiger partial charge is 0.320 e. The van der Waals surface area contributed by atoms with Gasteiger partial charge in [-0.1, -0.05) is 12.2 Å². The van der Waals surface area contributed by atoms with Gasteiger partial charge in [0.15, 0.2) is 0 Å². The third-order valence-electron chi connectivity index (χ3n) is 7.94. The highest BCUT2D eigenvalue weighted by atomic mass is 16.6. The molecule has 4 aliphatic carbocycles. The van der Waals surface area contributed by atoms with E-state index in [9.17, 15) is 14.4 Å². The zero-order chi connectivity index (χ0) is 17.7. The van der Waals surface area contributed by atoms with E-state index in [-0.39, 0.29) is 17.9 Å². The van der Waals surface area contributed by atoms with Gasteiger partial charge in [0.1, 0.15) is 17.4 Å². The minimum atomic E-state index is -0.920. The molecule has 4 saturated carbocycles. The van der Waals surface area contributed by atoms with Crippen molar-refractivity contribution in [1.29, 1.82) is 0 Å². The summed E-state index contributed by atoms with van der Waals surface area (Å²) in [4.78, 5) is 37.3. The molecule has 1 N–H and O–H groups in total. The Morgan fingerprint density at radius 1 is 1.08 bits per heavy atom. The molecule has 6 nitrogen and oxygen atoms in total. The van der Waals surface area contributed by atoms with E-state index in [1.807, 2.05) is 12.2 Å². The average molecular weight is 357 g/mol. The van der Waals surface area contributed by atoms with Gasteiger partial charge < -0.3 is 14.8 Å². The molecule has 7 aliphatic rings. The van der Waals surface area contributed by atoms with Gasteiger partial charge in [0.2, 0.25) is 5.91 Å². The van der Waals surface area contributed by atoms with Crippen molar-refractivity contribution in [2.75, 3.05) is 6.54 Å². The quantitative estimate of drug-likeness (QED) is 0.468. The summed E-state index contributed by atoms with van der Waals surface area (Å²) >= 11 is 0. The molecule has 0 aromatic heterocycles. The number of fused-ring (bicyclic) bond motifs is 5. The van der Waals surface area contributed by atoms with Crippen LogP contribution in [0.3, 0.4) is 0 Å². The Balaban J connectivity index is 1.22. The first-order chi connectivity index (χ1) is 12.5. The molecular weight excluding hydrogens is 334 g/mol. The third kappa shape index (κ3) is 1.83. The lowest BCUT2D eigenvalue weighted by atomic mass is 9.49. The lowest BCUT2D eigenvalue weighted by Crippen LogP contribution is -2.56. The monoisotopic (exact) mass is 357 g/mol. The Bertz CT molecular complexity index is 722. The molecule has 3 heterocycles. The Hall–Kier alpha value is -1.69. The molecule has 7 rings (SSSR count). The predicted molar refractivity (Wildman–Crippen MR) is 88.4 cm³/mol. The summed E-state index contributed by atoms with van der Waals surface area (Å²) in [5, 5.41) is 3.11. The molecule has 1 amide bonds. The number of hydrogen-bond donors (Lipinski definition) is 1. The fraction of sp³-hybridized carbons (Fsp3) is 0.750. The second kappa shape index (κ2) is 4.77. The third-order valence-corrected chi connectivity index (χ3v) is 7.94. The van der Waals surface area contributed by atoms with E-state index in [4.69, 9.17) is 9.47 Å². The molecule has 0 aromatic rings. The molecule has 3 aliphatic heterocycles. The highest BCUT2D eigenvalue weighted by Gasteiger charge is 2.67. The maximum atomic E-state index is 13.2. The first-order valence-electron chi connectivity index (χ1n) is 9.89. The minimum Gasteiger partial charge on any atom is -0.393 e. The second-order valence-electron chi connectivity index (χ2n) is 9.52. The van der Waals surface area contributed by atoms with E-state index < -0.39 is 35.5 Å². The van der Waals surface area contributed by atoms with Crippen LogP contribution in [0.1, 0.15) is 38.5 Å².